The quantitative estimate of drug-likeness (QED) is 0.778. The highest BCUT2D eigenvalue weighted by atomic mass is 35.5. The molecule has 0 amide bonds. The zero-order valence-electron chi connectivity index (χ0n) is 7.54. The van der Waals surface area contributed by atoms with Gasteiger partial charge in [0, 0.05) is 30.9 Å². The summed E-state index contributed by atoms with van der Waals surface area (Å²) in [5.41, 5.74) is 2.38. The predicted octanol–water partition coefficient (Wildman–Crippen LogP) is 2.18. The summed E-state index contributed by atoms with van der Waals surface area (Å²) in [5, 5.41) is 4.65. The smallest absolute Gasteiger partial charge is 0.0753 e. The average molecular weight is 220 g/mol. The molecule has 0 aliphatic heterocycles. The topological polar surface area (TPSA) is 21.1 Å². The van der Waals surface area contributed by atoms with E-state index < -0.39 is 0 Å². The van der Waals surface area contributed by atoms with E-state index in [1.807, 2.05) is 25.2 Å². The van der Waals surface area contributed by atoms with Crippen LogP contribution in [-0.2, 0) is 7.05 Å². The first-order valence-corrected chi connectivity index (χ1v) is 4.59. The number of hydrogen-bond acceptors (Lipinski definition) is 2. The van der Waals surface area contributed by atoms with Crippen LogP contribution in [0.5, 0.6) is 0 Å². The Labute approximate surface area is 87.5 Å². The molecular weight excluding hydrogens is 209 g/mol. The molecule has 13 heavy (non-hydrogen) atoms. The standard InChI is InChI=1S/C8H11Cl2N3/c1-12(5-7(10)3-9)8-4-11-13(2)6-8/h3-4,6H,5H2,1-2H3/b7-3-. The van der Waals surface area contributed by atoms with E-state index in [0.29, 0.717) is 11.6 Å². The molecule has 1 rings (SSSR count). The summed E-state index contributed by atoms with van der Waals surface area (Å²) in [4.78, 5) is 1.97. The van der Waals surface area contributed by atoms with Crippen molar-refractivity contribution in [3.8, 4) is 0 Å². The lowest BCUT2D eigenvalue weighted by atomic mass is 10.4. The number of anilines is 1. The second kappa shape index (κ2) is 4.53. The van der Waals surface area contributed by atoms with E-state index in [1.165, 1.54) is 5.54 Å². The maximum absolute atomic E-state index is 5.78. The van der Waals surface area contributed by atoms with Crippen molar-refractivity contribution in [1.82, 2.24) is 9.78 Å². The van der Waals surface area contributed by atoms with Crippen LogP contribution in [0.3, 0.4) is 0 Å². The second-order valence-electron chi connectivity index (χ2n) is 2.78. The molecule has 1 aromatic rings. The van der Waals surface area contributed by atoms with Gasteiger partial charge in [-0.15, -0.1) is 0 Å². The number of halogens is 2. The van der Waals surface area contributed by atoms with E-state index in [0.717, 1.165) is 5.69 Å². The van der Waals surface area contributed by atoms with Crippen LogP contribution in [-0.4, -0.2) is 23.4 Å². The third kappa shape index (κ3) is 2.94. The summed E-state index contributed by atoms with van der Waals surface area (Å²) < 4.78 is 1.74. The van der Waals surface area contributed by atoms with E-state index in [9.17, 15) is 0 Å². The zero-order chi connectivity index (χ0) is 9.84. The minimum atomic E-state index is 0.594. The van der Waals surface area contributed by atoms with Crippen LogP contribution >= 0.6 is 23.2 Å². The molecular formula is C8H11Cl2N3. The number of rotatable bonds is 3. The van der Waals surface area contributed by atoms with Crippen molar-refractivity contribution in [3.05, 3.63) is 23.0 Å². The van der Waals surface area contributed by atoms with Crippen LogP contribution in [0.15, 0.2) is 23.0 Å². The lowest BCUT2D eigenvalue weighted by molar-refractivity contribution is 0.767. The Hall–Kier alpha value is -0.670. The Bertz CT molecular complexity index is 306. The van der Waals surface area contributed by atoms with Crippen molar-refractivity contribution in [2.75, 3.05) is 18.5 Å². The summed E-state index contributed by atoms with van der Waals surface area (Å²) in [6.45, 7) is 0.594. The van der Waals surface area contributed by atoms with Gasteiger partial charge in [0.05, 0.1) is 18.4 Å². The molecule has 0 aliphatic rings. The van der Waals surface area contributed by atoms with Gasteiger partial charge in [-0.3, -0.25) is 4.68 Å². The van der Waals surface area contributed by atoms with Gasteiger partial charge in [0.25, 0.3) is 0 Å². The van der Waals surface area contributed by atoms with Crippen LogP contribution in [0.25, 0.3) is 0 Å². The van der Waals surface area contributed by atoms with Crippen LogP contribution < -0.4 is 4.90 Å². The van der Waals surface area contributed by atoms with Crippen LogP contribution in [0.1, 0.15) is 0 Å². The Kier molecular flexibility index (Phi) is 3.63. The van der Waals surface area contributed by atoms with Crippen LogP contribution in [0, 0.1) is 0 Å². The molecule has 0 saturated carbocycles. The van der Waals surface area contributed by atoms with Gasteiger partial charge in [-0.05, 0) is 0 Å². The SMILES string of the molecule is CN(C/C(Cl)=C/Cl)c1cnn(C)c1. The molecule has 0 bridgehead atoms. The third-order valence-corrected chi connectivity index (χ3v) is 2.24. The van der Waals surface area contributed by atoms with Gasteiger partial charge in [0.15, 0.2) is 0 Å². The Morgan fingerprint density at radius 1 is 1.77 bits per heavy atom. The fourth-order valence-electron chi connectivity index (χ4n) is 0.958. The molecule has 0 radical (unpaired) electrons. The first kappa shape index (κ1) is 10.4. The lowest BCUT2D eigenvalue weighted by Crippen LogP contribution is -2.17. The molecule has 0 fully saturated rings. The van der Waals surface area contributed by atoms with E-state index in [1.54, 1.807) is 10.9 Å². The number of likely N-dealkylation sites (N-methyl/N-ethyl adjacent to an activating group) is 1. The molecule has 0 atom stereocenters. The minimum Gasteiger partial charge on any atom is -0.367 e. The molecule has 0 saturated heterocycles. The van der Waals surface area contributed by atoms with Crippen LogP contribution in [0.4, 0.5) is 5.69 Å². The highest BCUT2D eigenvalue weighted by Crippen LogP contribution is 2.13. The van der Waals surface area contributed by atoms with Crippen LogP contribution in [0.2, 0.25) is 0 Å². The molecule has 3 nitrogen and oxygen atoms in total. The normalized spacial score (nSPS) is 11.8. The highest BCUT2D eigenvalue weighted by molar-refractivity contribution is 6.36. The van der Waals surface area contributed by atoms with Crippen molar-refractivity contribution in [1.29, 1.82) is 0 Å². The fraction of sp³-hybridized carbons (Fsp3) is 0.375. The third-order valence-electron chi connectivity index (χ3n) is 1.64. The lowest BCUT2D eigenvalue weighted by Gasteiger charge is -2.15. The van der Waals surface area contributed by atoms with Gasteiger partial charge in [0.1, 0.15) is 0 Å². The molecule has 0 aliphatic carbocycles. The van der Waals surface area contributed by atoms with Crippen molar-refractivity contribution < 1.29 is 0 Å². The van der Waals surface area contributed by atoms with Gasteiger partial charge >= 0.3 is 0 Å². The Morgan fingerprint density at radius 3 is 2.92 bits per heavy atom. The molecule has 0 spiro atoms. The number of nitrogens with zero attached hydrogens (tertiary/aromatic N) is 3. The van der Waals surface area contributed by atoms with Gasteiger partial charge in [-0.1, -0.05) is 23.2 Å². The number of aryl methyl sites for hydroxylation is 1. The van der Waals surface area contributed by atoms with E-state index in [4.69, 9.17) is 23.2 Å². The number of hydrogen-bond donors (Lipinski definition) is 0. The fourth-order valence-corrected chi connectivity index (χ4v) is 1.21. The molecule has 0 N–H and O–H groups in total. The largest absolute Gasteiger partial charge is 0.367 e. The van der Waals surface area contributed by atoms with Gasteiger partial charge in [-0.2, -0.15) is 5.10 Å². The second-order valence-corrected chi connectivity index (χ2v) is 3.49. The summed E-state index contributed by atoms with van der Waals surface area (Å²) in [7, 11) is 3.80. The maximum Gasteiger partial charge on any atom is 0.0753 e. The molecule has 5 heteroatoms. The molecule has 1 heterocycles. The van der Waals surface area contributed by atoms with Crippen molar-refractivity contribution in [3.63, 3.8) is 0 Å². The molecule has 72 valence electrons. The first-order valence-electron chi connectivity index (χ1n) is 3.78. The Morgan fingerprint density at radius 2 is 2.46 bits per heavy atom. The maximum atomic E-state index is 5.78. The van der Waals surface area contributed by atoms with Gasteiger partial charge in [-0.25, -0.2) is 0 Å². The zero-order valence-corrected chi connectivity index (χ0v) is 9.05. The monoisotopic (exact) mass is 219 g/mol. The van der Waals surface area contributed by atoms with Gasteiger partial charge < -0.3 is 4.90 Å². The molecule has 0 aromatic carbocycles. The highest BCUT2D eigenvalue weighted by Gasteiger charge is 2.03. The summed E-state index contributed by atoms with van der Waals surface area (Å²) in [6, 6.07) is 0. The summed E-state index contributed by atoms with van der Waals surface area (Å²) >= 11 is 11.2. The number of aromatic nitrogens is 2. The van der Waals surface area contributed by atoms with E-state index in [-0.39, 0.29) is 0 Å². The van der Waals surface area contributed by atoms with Gasteiger partial charge in [0.2, 0.25) is 0 Å². The summed E-state index contributed by atoms with van der Waals surface area (Å²) in [5.74, 6) is 0. The molecule has 0 unspecified atom stereocenters. The van der Waals surface area contributed by atoms with E-state index >= 15 is 0 Å². The minimum absolute atomic E-state index is 0.594. The Balaban J connectivity index is 2.63. The predicted molar refractivity (Wildman–Crippen MR) is 56.3 cm³/mol. The van der Waals surface area contributed by atoms with Crippen molar-refractivity contribution in [2.45, 2.75) is 0 Å². The first-order chi connectivity index (χ1) is 6.13. The van der Waals surface area contributed by atoms with Crippen molar-refractivity contribution >= 4 is 28.9 Å². The summed E-state index contributed by atoms with van der Waals surface area (Å²) in [6.07, 6.45) is 3.69. The van der Waals surface area contributed by atoms with Crippen molar-refractivity contribution in [2.24, 2.45) is 7.05 Å². The van der Waals surface area contributed by atoms with E-state index in [2.05, 4.69) is 5.10 Å². The average Bonchev–Trinajstić information content (AvgIpc) is 2.51. The molecule has 1 aromatic heterocycles.